The molecule has 4 nitrogen and oxygen atoms in total. The highest BCUT2D eigenvalue weighted by Crippen LogP contribution is 2.25. The maximum Gasteiger partial charge on any atom is 0.220 e. The van der Waals surface area contributed by atoms with E-state index in [2.05, 4.69) is 5.32 Å². The average Bonchev–Trinajstić information content (AvgIpc) is 2.41. The Morgan fingerprint density at radius 3 is 2.68 bits per heavy atom. The minimum Gasteiger partial charge on any atom is -0.507 e. The van der Waals surface area contributed by atoms with Gasteiger partial charge < -0.3 is 16.2 Å². The van der Waals surface area contributed by atoms with E-state index >= 15 is 0 Å². The first-order valence-electron chi connectivity index (χ1n) is 6.88. The number of para-hydroxylation sites is 1. The number of carbonyl (C=O) groups is 1. The van der Waals surface area contributed by atoms with E-state index in [0.717, 1.165) is 36.8 Å². The van der Waals surface area contributed by atoms with Crippen LogP contribution >= 0.6 is 0 Å². The number of carbonyl (C=O) groups excluding carboxylic acids is 1. The summed E-state index contributed by atoms with van der Waals surface area (Å²) in [4.78, 5) is 11.1. The van der Waals surface area contributed by atoms with Crippen molar-refractivity contribution in [3.63, 3.8) is 0 Å². The summed E-state index contributed by atoms with van der Waals surface area (Å²) in [7, 11) is 0. The van der Waals surface area contributed by atoms with Crippen LogP contribution in [0.15, 0.2) is 18.2 Å². The molecule has 2 rings (SSSR count). The summed E-state index contributed by atoms with van der Waals surface area (Å²) >= 11 is 0. The lowest BCUT2D eigenvalue weighted by Gasteiger charge is -2.27. The third-order valence-electron chi connectivity index (χ3n) is 4.03. The van der Waals surface area contributed by atoms with Crippen LogP contribution in [0.4, 0.5) is 0 Å². The minimum atomic E-state index is -0.172. The maximum absolute atomic E-state index is 11.1. The molecule has 0 radical (unpaired) electrons. The SMILES string of the molecule is Cc1cccc(CNC2CCC(C(N)=O)CC2)c1O. The number of hydrogen-bond donors (Lipinski definition) is 3. The Morgan fingerprint density at radius 1 is 1.37 bits per heavy atom. The van der Waals surface area contributed by atoms with E-state index in [0.29, 0.717) is 18.3 Å². The van der Waals surface area contributed by atoms with Crippen LogP contribution in [-0.4, -0.2) is 17.1 Å². The standard InChI is InChI=1S/C15H22N2O2/c1-10-3-2-4-12(14(10)18)9-17-13-7-5-11(6-8-13)15(16)19/h2-4,11,13,17-18H,5-9H2,1H3,(H2,16,19). The number of primary amides is 1. The van der Waals surface area contributed by atoms with Gasteiger partial charge in [-0.2, -0.15) is 0 Å². The van der Waals surface area contributed by atoms with E-state index in [1.165, 1.54) is 0 Å². The molecule has 104 valence electrons. The van der Waals surface area contributed by atoms with Crippen molar-refractivity contribution in [3.8, 4) is 5.75 Å². The summed E-state index contributed by atoms with van der Waals surface area (Å²) in [6, 6.07) is 6.20. The van der Waals surface area contributed by atoms with Crippen molar-refractivity contribution >= 4 is 5.91 Å². The van der Waals surface area contributed by atoms with Crippen molar-refractivity contribution in [2.24, 2.45) is 11.7 Å². The van der Waals surface area contributed by atoms with Gasteiger partial charge in [-0.3, -0.25) is 4.79 Å². The van der Waals surface area contributed by atoms with Crippen LogP contribution in [0.3, 0.4) is 0 Å². The molecule has 0 saturated heterocycles. The summed E-state index contributed by atoms with van der Waals surface area (Å²) in [6.07, 6.45) is 3.68. The van der Waals surface area contributed by atoms with Gasteiger partial charge in [0.05, 0.1) is 0 Å². The maximum atomic E-state index is 11.1. The van der Waals surface area contributed by atoms with Gasteiger partial charge in [-0.15, -0.1) is 0 Å². The smallest absolute Gasteiger partial charge is 0.220 e. The predicted molar refractivity (Wildman–Crippen MR) is 74.6 cm³/mol. The number of rotatable bonds is 4. The second-order valence-electron chi connectivity index (χ2n) is 5.41. The quantitative estimate of drug-likeness (QED) is 0.775. The Hall–Kier alpha value is -1.55. The number of aromatic hydroxyl groups is 1. The summed E-state index contributed by atoms with van der Waals surface area (Å²) in [6.45, 7) is 2.57. The normalized spacial score (nSPS) is 23.2. The molecular weight excluding hydrogens is 240 g/mol. The minimum absolute atomic E-state index is 0.0467. The topological polar surface area (TPSA) is 75.3 Å². The molecule has 1 aliphatic carbocycles. The molecule has 0 aromatic heterocycles. The van der Waals surface area contributed by atoms with E-state index in [4.69, 9.17) is 5.73 Å². The molecule has 0 heterocycles. The molecule has 0 aliphatic heterocycles. The molecular formula is C15H22N2O2. The summed E-state index contributed by atoms with van der Waals surface area (Å²) in [5.41, 5.74) is 7.15. The number of nitrogens with one attached hydrogen (secondary N) is 1. The first kappa shape index (κ1) is 13.9. The molecule has 0 atom stereocenters. The van der Waals surface area contributed by atoms with Gasteiger partial charge in [0.25, 0.3) is 0 Å². The van der Waals surface area contributed by atoms with Gasteiger partial charge >= 0.3 is 0 Å². The molecule has 1 aliphatic rings. The van der Waals surface area contributed by atoms with Gasteiger partial charge in [0.1, 0.15) is 5.75 Å². The lowest BCUT2D eigenvalue weighted by Crippen LogP contribution is -2.36. The first-order chi connectivity index (χ1) is 9.08. The zero-order valence-electron chi connectivity index (χ0n) is 11.4. The predicted octanol–water partition coefficient (Wildman–Crippen LogP) is 1.83. The van der Waals surface area contributed by atoms with E-state index < -0.39 is 0 Å². The third-order valence-corrected chi connectivity index (χ3v) is 4.03. The van der Waals surface area contributed by atoms with Crippen molar-refractivity contribution in [2.45, 2.75) is 45.2 Å². The van der Waals surface area contributed by atoms with Crippen LogP contribution in [-0.2, 0) is 11.3 Å². The number of phenols is 1. The van der Waals surface area contributed by atoms with Crippen molar-refractivity contribution in [1.29, 1.82) is 0 Å². The van der Waals surface area contributed by atoms with Gasteiger partial charge in [-0.25, -0.2) is 0 Å². The number of amides is 1. The number of nitrogens with two attached hydrogens (primary N) is 1. The first-order valence-corrected chi connectivity index (χ1v) is 6.88. The van der Waals surface area contributed by atoms with Crippen LogP contribution in [0.1, 0.15) is 36.8 Å². The molecule has 0 bridgehead atoms. The summed E-state index contributed by atoms with van der Waals surface area (Å²) in [5, 5.41) is 13.4. The number of hydrogen-bond acceptors (Lipinski definition) is 3. The fourth-order valence-electron chi connectivity index (χ4n) is 2.70. The van der Waals surface area contributed by atoms with Crippen LogP contribution in [0.5, 0.6) is 5.75 Å². The van der Waals surface area contributed by atoms with Crippen molar-refractivity contribution in [1.82, 2.24) is 5.32 Å². The van der Waals surface area contributed by atoms with E-state index in [1.54, 1.807) is 0 Å². The van der Waals surface area contributed by atoms with E-state index in [9.17, 15) is 9.90 Å². The third kappa shape index (κ3) is 3.47. The average molecular weight is 262 g/mol. The van der Waals surface area contributed by atoms with Crippen LogP contribution < -0.4 is 11.1 Å². The Balaban J connectivity index is 1.84. The van der Waals surface area contributed by atoms with E-state index in [1.807, 2.05) is 25.1 Å². The second-order valence-corrected chi connectivity index (χ2v) is 5.41. The molecule has 4 heteroatoms. The van der Waals surface area contributed by atoms with Crippen molar-refractivity contribution in [3.05, 3.63) is 29.3 Å². The molecule has 1 saturated carbocycles. The monoisotopic (exact) mass is 262 g/mol. The molecule has 1 fully saturated rings. The van der Waals surface area contributed by atoms with Crippen LogP contribution in [0.25, 0.3) is 0 Å². The fourth-order valence-corrected chi connectivity index (χ4v) is 2.70. The Bertz CT molecular complexity index is 451. The lowest BCUT2D eigenvalue weighted by molar-refractivity contribution is -0.122. The molecule has 19 heavy (non-hydrogen) atoms. The highest BCUT2D eigenvalue weighted by atomic mass is 16.3. The fraction of sp³-hybridized carbons (Fsp3) is 0.533. The summed E-state index contributed by atoms with van der Waals surface area (Å²) in [5.74, 6) is 0.251. The highest BCUT2D eigenvalue weighted by Gasteiger charge is 2.24. The van der Waals surface area contributed by atoms with Gasteiger partial charge in [-0.1, -0.05) is 18.2 Å². The van der Waals surface area contributed by atoms with Gasteiger partial charge in [-0.05, 0) is 38.2 Å². The van der Waals surface area contributed by atoms with Crippen LogP contribution in [0, 0.1) is 12.8 Å². The Labute approximate surface area is 114 Å². The lowest BCUT2D eigenvalue weighted by atomic mass is 9.85. The number of phenolic OH excluding ortho intramolecular Hbond substituents is 1. The van der Waals surface area contributed by atoms with Gasteiger partial charge in [0, 0.05) is 24.1 Å². The van der Waals surface area contributed by atoms with Crippen LogP contribution in [0.2, 0.25) is 0 Å². The summed E-state index contributed by atoms with van der Waals surface area (Å²) < 4.78 is 0. The molecule has 0 spiro atoms. The second kappa shape index (κ2) is 6.06. The molecule has 0 unspecified atom stereocenters. The van der Waals surface area contributed by atoms with Crippen molar-refractivity contribution < 1.29 is 9.90 Å². The largest absolute Gasteiger partial charge is 0.507 e. The molecule has 4 N–H and O–H groups in total. The zero-order chi connectivity index (χ0) is 13.8. The number of aryl methyl sites for hydroxylation is 1. The molecule has 1 aromatic carbocycles. The zero-order valence-corrected chi connectivity index (χ0v) is 11.4. The molecule has 1 amide bonds. The van der Waals surface area contributed by atoms with Crippen molar-refractivity contribution in [2.75, 3.05) is 0 Å². The Kier molecular flexibility index (Phi) is 4.43. The number of benzene rings is 1. The molecule has 1 aromatic rings. The Morgan fingerprint density at radius 2 is 2.05 bits per heavy atom. The highest BCUT2D eigenvalue weighted by molar-refractivity contribution is 5.76. The van der Waals surface area contributed by atoms with Gasteiger partial charge in [0.15, 0.2) is 0 Å². The van der Waals surface area contributed by atoms with Gasteiger partial charge in [0.2, 0.25) is 5.91 Å². The van der Waals surface area contributed by atoms with E-state index in [-0.39, 0.29) is 11.8 Å².